The van der Waals surface area contributed by atoms with Crippen LogP contribution in [0.5, 0.6) is 0 Å². The first-order valence-corrected chi connectivity index (χ1v) is 11.6. The van der Waals surface area contributed by atoms with E-state index in [-0.39, 0.29) is 17.9 Å². The van der Waals surface area contributed by atoms with E-state index in [1.54, 1.807) is 11.3 Å². The van der Waals surface area contributed by atoms with Gasteiger partial charge in [0.1, 0.15) is 5.54 Å². The van der Waals surface area contributed by atoms with Gasteiger partial charge in [-0.3, -0.25) is 9.69 Å². The molecule has 2 saturated heterocycles. The maximum Gasteiger partial charge on any atom is 0.326 e. The number of imide groups is 1. The van der Waals surface area contributed by atoms with Crippen LogP contribution in [-0.4, -0.2) is 52.0 Å². The third-order valence-corrected chi connectivity index (χ3v) is 8.21. The summed E-state index contributed by atoms with van der Waals surface area (Å²) in [7, 11) is 0. The summed E-state index contributed by atoms with van der Waals surface area (Å²) >= 11 is 1.77. The number of nitrogens with zero attached hydrogens (tertiary/aromatic N) is 3. The van der Waals surface area contributed by atoms with E-state index in [0.717, 1.165) is 57.1 Å². The Balaban J connectivity index is 1.30. The van der Waals surface area contributed by atoms with Gasteiger partial charge in [0.25, 0.3) is 5.91 Å². The second-order valence-corrected chi connectivity index (χ2v) is 9.92. The lowest BCUT2D eigenvalue weighted by molar-refractivity contribution is -0.135. The summed E-state index contributed by atoms with van der Waals surface area (Å²) in [4.78, 5) is 34.5. The number of hydrogen-bond acceptors (Lipinski definition) is 5. The van der Waals surface area contributed by atoms with E-state index in [4.69, 9.17) is 4.98 Å². The van der Waals surface area contributed by atoms with E-state index in [1.807, 2.05) is 6.07 Å². The van der Waals surface area contributed by atoms with Crippen LogP contribution in [0.1, 0.15) is 56.4 Å². The van der Waals surface area contributed by atoms with Gasteiger partial charge < -0.3 is 5.32 Å². The molecule has 1 spiro atoms. The van der Waals surface area contributed by atoms with Crippen molar-refractivity contribution in [1.29, 1.82) is 0 Å². The van der Waals surface area contributed by atoms with E-state index in [9.17, 15) is 9.59 Å². The molecule has 5 rings (SSSR count). The van der Waals surface area contributed by atoms with E-state index in [0.29, 0.717) is 12.6 Å². The van der Waals surface area contributed by atoms with E-state index in [1.165, 1.54) is 14.6 Å². The van der Waals surface area contributed by atoms with Crippen molar-refractivity contribution in [2.75, 3.05) is 19.8 Å². The SMILES string of the molecule is C[C@@H]1CCCC[C@@]12NC(=O)N(CN1CCC[C@H](c3nc4ccccc4s3)C1)C2=O. The molecule has 1 aromatic heterocycles. The number of para-hydroxylation sites is 1. The zero-order valence-electron chi connectivity index (χ0n) is 16.9. The van der Waals surface area contributed by atoms with Crippen molar-refractivity contribution >= 4 is 33.5 Å². The molecule has 29 heavy (non-hydrogen) atoms. The van der Waals surface area contributed by atoms with Crippen molar-refractivity contribution in [2.24, 2.45) is 5.92 Å². The highest BCUT2D eigenvalue weighted by molar-refractivity contribution is 7.18. The van der Waals surface area contributed by atoms with Gasteiger partial charge in [0.2, 0.25) is 0 Å². The van der Waals surface area contributed by atoms with Gasteiger partial charge in [-0.2, -0.15) is 0 Å². The molecule has 1 aliphatic carbocycles. The number of carbonyl (C=O) groups is 2. The molecule has 3 amide bonds. The molecule has 3 atom stereocenters. The summed E-state index contributed by atoms with van der Waals surface area (Å²) in [5.74, 6) is 0.552. The first kappa shape index (κ1) is 19.0. The zero-order valence-corrected chi connectivity index (χ0v) is 17.7. The molecule has 1 aromatic carbocycles. The number of benzene rings is 1. The lowest BCUT2D eigenvalue weighted by Gasteiger charge is -2.37. The highest BCUT2D eigenvalue weighted by Crippen LogP contribution is 2.39. The molecule has 0 unspecified atom stereocenters. The molecule has 2 aromatic rings. The molecule has 3 heterocycles. The molecule has 154 valence electrons. The number of thiazole rings is 1. The van der Waals surface area contributed by atoms with Crippen molar-refractivity contribution in [3.8, 4) is 0 Å². The molecule has 0 radical (unpaired) electrons. The lowest BCUT2D eigenvalue weighted by Crippen LogP contribution is -2.54. The van der Waals surface area contributed by atoms with Crippen LogP contribution >= 0.6 is 11.3 Å². The Morgan fingerprint density at radius 3 is 2.90 bits per heavy atom. The number of urea groups is 1. The minimum Gasteiger partial charge on any atom is -0.323 e. The van der Waals surface area contributed by atoms with Gasteiger partial charge in [0, 0.05) is 12.5 Å². The first-order chi connectivity index (χ1) is 14.1. The first-order valence-electron chi connectivity index (χ1n) is 10.8. The smallest absolute Gasteiger partial charge is 0.323 e. The van der Waals surface area contributed by atoms with Crippen molar-refractivity contribution in [2.45, 2.75) is 56.9 Å². The largest absolute Gasteiger partial charge is 0.326 e. The van der Waals surface area contributed by atoms with Crippen LogP contribution in [-0.2, 0) is 4.79 Å². The van der Waals surface area contributed by atoms with Gasteiger partial charge in [-0.25, -0.2) is 14.7 Å². The Morgan fingerprint density at radius 2 is 2.07 bits per heavy atom. The summed E-state index contributed by atoms with van der Waals surface area (Å²) < 4.78 is 1.22. The number of carbonyl (C=O) groups excluding carboxylic acids is 2. The van der Waals surface area contributed by atoms with Crippen molar-refractivity contribution in [3.63, 3.8) is 0 Å². The van der Waals surface area contributed by atoms with Crippen LogP contribution in [0.3, 0.4) is 0 Å². The lowest BCUT2D eigenvalue weighted by atomic mass is 9.73. The standard InChI is InChI=1S/C22H28N4O2S/c1-15-7-4-5-11-22(15)20(27)26(21(28)24-22)14-25-12-6-8-16(13-25)19-23-17-9-2-3-10-18(17)29-19/h2-3,9-10,15-16H,4-8,11-14H2,1H3,(H,24,28)/t15-,16+,22-/m1/s1. The third kappa shape index (κ3) is 3.24. The van der Waals surface area contributed by atoms with Crippen LogP contribution in [0.2, 0.25) is 0 Å². The predicted octanol–water partition coefficient (Wildman–Crippen LogP) is 3.93. The molecular formula is C22H28N4O2S. The maximum absolute atomic E-state index is 13.3. The summed E-state index contributed by atoms with van der Waals surface area (Å²) in [6.07, 6.45) is 6.09. The molecule has 1 saturated carbocycles. The minimum atomic E-state index is -0.669. The molecular weight excluding hydrogens is 384 g/mol. The number of amides is 3. The van der Waals surface area contributed by atoms with Crippen molar-refractivity contribution in [1.82, 2.24) is 20.1 Å². The molecule has 3 fully saturated rings. The number of piperidine rings is 1. The van der Waals surface area contributed by atoms with Gasteiger partial charge in [0.05, 0.1) is 21.9 Å². The highest BCUT2D eigenvalue weighted by Gasteiger charge is 2.55. The van der Waals surface area contributed by atoms with Gasteiger partial charge >= 0.3 is 6.03 Å². The predicted molar refractivity (Wildman–Crippen MR) is 114 cm³/mol. The van der Waals surface area contributed by atoms with Crippen LogP contribution in [0.25, 0.3) is 10.2 Å². The van der Waals surface area contributed by atoms with Crippen LogP contribution in [0.15, 0.2) is 24.3 Å². The summed E-state index contributed by atoms with van der Waals surface area (Å²) in [6, 6.07) is 8.05. The quantitative estimate of drug-likeness (QED) is 0.776. The van der Waals surface area contributed by atoms with E-state index in [2.05, 4.69) is 35.3 Å². The van der Waals surface area contributed by atoms with Gasteiger partial charge in [-0.05, 0) is 50.3 Å². The third-order valence-electron chi connectivity index (χ3n) is 7.01. The summed E-state index contributed by atoms with van der Waals surface area (Å²) in [6.45, 7) is 4.26. The van der Waals surface area contributed by atoms with E-state index >= 15 is 0 Å². The molecule has 2 aliphatic heterocycles. The van der Waals surface area contributed by atoms with E-state index < -0.39 is 5.54 Å². The zero-order chi connectivity index (χ0) is 20.0. The Morgan fingerprint density at radius 1 is 1.21 bits per heavy atom. The number of hydrogen-bond donors (Lipinski definition) is 1. The number of fused-ring (bicyclic) bond motifs is 1. The fraction of sp³-hybridized carbons (Fsp3) is 0.591. The second-order valence-electron chi connectivity index (χ2n) is 8.86. The van der Waals surface area contributed by atoms with Crippen LogP contribution in [0, 0.1) is 5.92 Å². The summed E-state index contributed by atoms with van der Waals surface area (Å²) in [5.41, 5.74) is 0.393. The molecule has 6 nitrogen and oxygen atoms in total. The van der Waals surface area contributed by atoms with Gasteiger partial charge in [-0.15, -0.1) is 11.3 Å². The Bertz CT molecular complexity index is 911. The van der Waals surface area contributed by atoms with Gasteiger partial charge in [0.15, 0.2) is 0 Å². The van der Waals surface area contributed by atoms with Gasteiger partial charge in [-0.1, -0.05) is 31.9 Å². The number of likely N-dealkylation sites (tertiary alicyclic amines) is 1. The Hall–Kier alpha value is -1.99. The topological polar surface area (TPSA) is 65.5 Å². The normalized spacial score (nSPS) is 31.0. The monoisotopic (exact) mass is 412 g/mol. The van der Waals surface area contributed by atoms with Crippen LogP contribution < -0.4 is 5.32 Å². The average molecular weight is 413 g/mol. The van der Waals surface area contributed by atoms with Crippen molar-refractivity contribution in [3.05, 3.63) is 29.3 Å². The molecule has 7 heteroatoms. The minimum absolute atomic E-state index is 0.0168. The number of rotatable bonds is 3. The van der Waals surface area contributed by atoms with Crippen LogP contribution in [0.4, 0.5) is 4.79 Å². The summed E-state index contributed by atoms with van der Waals surface area (Å²) in [5, 5.41) is 4.24. The fourth-order valence-electron chi connectivity index (χ4n) is 5.27. The number of nitrogens with one attached hydrogen (secondary N) is 1. The van der Waals surface area contributed by atoms with Crippen molar-refractivity contribution < 1.29 is 9.59 Å². The molecule has 3 aliphatic rings. The Kier molecular flexibility index (Phi) is 4.82. The molecule has 0 bridgehead atoms. The second kappa shape index (κ2) is 7.36. The molecule has 1 N–H and O–H groups in total. The highest BCUT2D eigenvalue weighted by atomic mass is 32.1. The average Bonchev–Trinajstić information content (AvgIpc) is 3.26. The maximum atomic E-state index is 13.3. The number of aromatic nitrogens is 1. The fourth-order valence-corrected chi connectivity index (χ4v) is 6.37. The Labute approximate surface area is 175 Å².